The molecule has 1 aliphatic carbocycles. The van der Waals surface area contributed by atoms with E-state index in [-0.39, 0.29) is 5.91 Å². The van der Waals surface area contributed by atoms with Gasteiger partial charge >= 0.3 is 0 Å². The third-order valence-electron chi connectivity index (χ3n) is 5.14. The van der Waals surface area contributed by atoms with Gasteiger partial charge in [0.05, 0.1) is 0 Å². The highest BCUT2D eigenvalue weighted by molar-refractivity contribution is 5.95. The summed E-state index contributed by atoms with van der Waals surface area (Å²) < 4.78 is 1.54. The van der Waals surface area contributed by atoms with Gasteiger partial charge in [0.15, 0.2) is 5.65 Å². The highest BCUT2D eigenvalue weighted by Crippen LogP contribution is 2.36. The average Bonchev–Trinajstić information content (AvgIpc) is 3.34. The molecular weight excluding hydrogens is 314 g/mol. The van der Waals surface area contributed by atoms with Gasteiger partial charge in [-0.25, -0.2) is 4.52 Å². The maximum Gasteiger partial charge on any atom is 0.251 e. The molecule has 128 valence electrons. The second-order valence-electron chi connectivity index (χ2n) is 6.67. The van der Waals surface area contributed by atoms with E-state index >= 15 is 0 Å². The van der Waals surface area contributed by atoms with Crippen LogP contribution in [0.25, 0.3) is 5.65 Å². The zero-order chi connectivity index (χ0) is 17.1. The molecule has 1 aromatic carbocycles. The normalized spacial score (nSPS) is 16.2. The summed E-state index contributed by atoms with van der Waals surface area (Å²) in [7, 11) is 0. The maximum atomic E-state index is 12.6. The lowest BCUT2D eigenvalue weighted by Gasteiger charge is -2.24. The molecular formula is C19H21N5O. The Morgan fingerprint density at radius 2 is 2.00 bits per heavy atom. The molecule has 1 aliphatic rings. The van der Waals surface area contributed by atoms with Crippen LogP contribution in [-0.4, -0.2) is 32.5 Å². The van der Waals surface area contributed by atoms with Crippen LogP contribution in [0.5, 0.6) is 0 Å². The molecule has 2 aromatic heterocycles. The fourth-order valence-electron chi connectivity index (χ4n) is 3.80. The molecule has 6 nitrogen and oxygen atoms in total. The Kier molecular flexibility index (Phi) is 4.41. The predicted octanol–water partition coefficient (Wildman–Crippen LogP) is 2.83. The quantitative estimate of drug-likeness (QED) is 0.778. The third-order valence-corrected chi connectivity index (χ3v) is 5.14. The maximum absolute atomic E-state index is 12.6. The minimum Gasteiger partial charge on any atom is -0.351 e. The molecule has 1 N–H and O–H groups in total. The van der Waals surface area contributed by atoms with Crippen LogP contribution in [0.1, 0.15) is 47.5 Å². The summed E-state index contributed by atoms with van der Waals surface area (Å²) in [5.41, 5.74) is 2.47. The van der Waals surface area contributed by atoms with E-state index in [1.54, 1.807) is 22.8 Å². The summed E-state index contributed by atoms with van der Waals surface area (Å²) in [4.78, 5) is 12.6. The fourth-order valence-corrected chi connectivity index (χ4v) is 3.80. The first-order valence-electron chi connectivity index (χ1n) is 8.82. The van der Waals surface area contributed by atoms with Crippen LogP contribution in [0.3, 0.4) is 0 Å². The molecule has 4 rings (SSSR count). The predicted molar refractivity (Wildman–Crippen MR) is 94.3 cm³/mol. The van der Waals surface area contributed by atoms with Crippen LogP contribution in [0.15, 0.2) is 48.7 Å². The molecule has 0 bridgehead atoms. The lowest BCUT2D eigenvalue weighted by Crippen LogP contribution is -2.31. The Balaban J connectivity index is 1.49. The molecule has 0 radical (unpaired) electrons. The van der Waals surface area contributed by atoms with Crippen LogP contribution in [0, 0.1) is 5.92 Å². The standard InChI is InChI=1S/C19H21N5O/c25-19(16-10-11-24-18(12-16)21-22-23-24)20-13-17(15-8-4-5-9-15)14-6-2-1-3-7-14/h1-3,6-7,10-12,15,17H,4-5,8-9,13H2,(H,20,25)/t17-/m1/s1. The number of nitrogens with one attached hydrogen (secondary N) is 1. The molecule has 0 aliphatic heterocycles. The van der Waals surface area contributed by atoms with Gasteiger partial charge in [0.1, 0.15) is 0 Å². The van der Waals surface area contributed by atoms with Crippen LogP contribution < -0.4 is 5.32 Å². The average molecular weight is 335 g/mol. The first-order chi connectivity index (χ1) is 12.3. The molecule has 1 atom stereocenters. The number of aromatic nitrogens is 4. The molecule has 6 heteroatoms. The third kappa shape index (κ3) is 3.38. The van der Waals surface area contributed by atoms with Crippen molar-refractivity contribution in [2.24, 2.45) is 5.92 Å². The fraction of sp³-hybridized carbons (Fsp3) is 0.368. The Labute approximate surface area is 146 Å². The van der Waals surface area contributed by atoms with Crippen molar-refractivity contribution < 1.29 is 4.79 Å². The van der Waals surface area contributed by atoms with Gasteiger partial charge in [-0.15, -0.1) is 5.10 Å². The molecule has 2 heterocycles. The van der Waals surface area contributed by atoms with Crippen molar-refractivity contribution in [3.63, 3.8) is 0 Å². The Hall–Kier alpha value is -2.76. The molecule has 0 spiro atoms. The number of carbonyl (C=O) groups excluding carboxylic acids is 1. The molecule has 25 heavy (non-hydrogen) atoms. The van der Waals surface area contributed by atoms with Crippen molar-refractivity contribution in [3.8, 4) is 0 Å². The van der Waals surface area contributed by atoms with Crippen molar-refractivity contribution in [2.75, 3.05) is 6.54 Å². The second-order valence-corrected chi connectivity index (χ2v) is 6.67. The van der Waals surface area contributed by atoms with Gasteiger partial charge in [-0.1, -0.05) is 43.2 Å². The van der Waals surface area contributed by atoms with Crippen LogP contribution in [-0.2, 0) is 0 Å². The van der Waals surface area contributed by atoms with E-state index in [4.69, 9.17) is 0 Å². The zero-order valence-electron chi connectivity index (χ0n) is 14.0. The molecule has 3 aromatic rings. The number of rotatable bonds is 5. The van der Waals surface area contributed by atoms with Gasteiger partial charge in [-0.3, -0.25) is 4.79 Å². The summed E-state index contributed by atoms with van der Waals surface area (Å²) in [5.74, 6) is 0.932. The molecule has 1 amide bonds. The second kappa shape index (κ2) is 7.01. The van der Waals surface area contributed by atoms with Crippen LogP contribution in [0.4, 0.5) is 0 Å². The van der Waals surface area contributed by atoms with Gasteiger partial charge < -0.3 is 5.32 Å². The number of amides is 1. The summed E-state index contributed by atoms with van der Waals surface area (Å²) in [6.45, 7) is 0.656. The van der Waals surface area contributed by atoms with E-state index in [1.165, 1.54) is 31.2 Å². The number of fused-ring (bicyclic) bond motifs is 1. The molecule has 1 saturated carbocycles. The lowest BCUT2D eigenvalue weighted by atomic mass is 9.85. The summed E-state index contributed by atoms with van der Waals surface area (Å²) in [6, 6.07) is 14.0. The van der Waals surface area contributed by atoms with Gasteiger partial charge in [0.2, 0.25) is 0 Å². The van der Waals surface area contributed by atoms with Crippen molar-refractivity contribution in [2.45, 2.75) is 31.6 Å². The first-order valence-corrected chi connectivity index (χ1v) is 8.82. The number of carbonyl (C=O) groups is 1. The van der Waals surface area contributed by atoms with Gasteiger partial charge in [0.25, 0.3) is 5.91 Å². The van der Waals surface area contributed by atoms with Gasteiger partial charge in [0, 0.05) is 24.2 Å². The highest BCUT2D eigenvalue weighted by atomic mass is 16.1. The lowest BCUT2D eigenvalue weighted by molar-refractivity contribution is 0.0948. The van der Waals surface area contributed by atoms with Crippen molar-refractivity contribution in [1.82, 2.24) is 25.4 Å². The summed E-state index contributed by atoms with van der Waals surface area (Å²) in [6.07, 6.45) is 6.77. The first kappa shape index (κ1) is 15.7. The topological polar surface area (TPSA) is 72.2 Å². The Bertz CT molecular complexity index is 854. The molecule has 1 fully saturated rings. The largest absolute Gasteiger partial charge is 0.351 e. The van der Waals surface area contributed by atoms with Crippen molar-refractivity contribution in [3.05, 3.63) is 59.8 Å². The van der Waals surface area contributed by atoms with Gasteiger partial charge in [-0.2, -0.15) is 0 Å². The minimum atomic E-state index is -0.0792. The SMILES string of the molecule is O=C(NC[C@H](c1ccccc1)C1CCCC1)c1ccn2nnnc2c1. The molecule has 0 saturated heterocycles. The van der Waals surface area contributed by atoms with E-state index in [0.717, 1.165) is 0 Å². The number of benzene rings is 1. The number of pyridine rings is 1. The van der Waals surface area contributed by atoms with E-state index < -0.39 is 0 Å². The van der Waals surface area contributed by atoms with E-state index in [0.29, 0.717) is 29.6 Å². The Morgan fingerprint density at radius 3 is 2.80 bits per heavy atom. The highest BCUT2D eigenvalue weighted by Gasteiger charge is 2.26. The number of tetrazole rings is 1. The van der Waals surface area contributed by atoms with Gasteiger partial charge in [-0.05, 0) is 46.9 Å². The van der Waals surface area contributed by atoms with Crippen molar-refractivity contribution >= 4 is 11.6 Å². The summed E-state index contributed by atoms with van der Waals surface area (Å²) in [5, 5.41) is 14.4. The van der Waals surface area contributed by atoms with E-state index in [9.17, 15) is 4.79 Å². The van der Waals surface area contributed by atoms with E-state index in [2.05, 4.69) is 45.1 Å². The Morgan fingerprint density at radius 1 is 1.20 bits per heavy atom. The van der Waals surface area contributed by atoms with Crippen molar-refractivity contribution in [1.29, 1.82) is 0 Å². The van der Waals surface area contributed by atoms with Crippen LogP contribution in [0.2, 0.25) is 0 Å². The molecule has 0 unspecified atom stereocenters. The number of hydrogen-bond donors (Lipinski definition) is 1. The van der Waals surface area contributed by atoms with E-state index in [1.807, 2.05) is 6.07 Å². The number of hydrogen-bond acceptors (Lipinski definition) is 4. The zero-order valence-corrected chi connectivity index (χ0v) is 14.0. The van der Waals surface area contributed by atoms with Crippen LogP contribution >= 0.6 is 0 Å². The minimum absolute atomic E-state index is 0.0792. The smallest absolute Gasteiger partial charge is 0.251 e. The number of nitrogens with zero attached hydrogens (tertiary/aromatic N) is 4. The summed E-state index contributed by atoms with van der Waals surface area (Å²) >= 11 is 0. The monoisotopic (exact) mass is 335 g/mol.